The number of pyridine rings is 1. The Balaban J connectivity index is 0.990. The molecule has 0 radical (unpaired) electrons. The van der Waals surface area contributed by atoms with E-state index in [0.717, 1.165) is 116 Å². The van der Waals surface area contributed by atoms with E-state index in [-0.39, 0.29) is 21.7 Å². The van der Waals surface area contributed by atoms with E-state index in [9.17, 15) is 10.2 Å². The standard InChI is InChI=1S/C81H113NO4/c1-9-11-13-15-17-19-21-23-25-27-38-85-64-34-29-32-62(46-64)72-74(66(78(3,4)5)48-68(76(72)83)80-50-56-40-57(51-80)42-58(41-56)52-80)70-36-31-37-71(82-70)75-67(79(6,7)8)49-69(81-53-59-43-60(54-81)45-61(44-59)55-81)77(84)73(75)63-33-30-35-65(47-63)86-39-28-26-24-22-20-18-16-14-12-10-2/h29-37,46-49,56-61,83-84H,9-28,38-45,50-55H2,1-8H3. The molecule has 8 bridgehead atoms. The van der Waals surface area contributed by atoms with Gasteiger partial charge in [-0.2, -0.15) is 0 Å². The van der Waals surface area contributed by atoms with Crippen molar-refractivity contribution in [2.45, 2.75) is 283 Å². The van der Waals surface area contributed by atoms with Crippen molar-refractivity contribution < 1.29 is 19.7 Å². The molecule has 8 aliphatic carbocycles. The average molecular weight is 1160 g/mol. The third kappa shape index (κ3) is 14.1. The Labute approximate surface area is 522 Å². The molecule has 0 aliphatic heterocycles. The van der Waals surface area contributed by atoms with Crippen LogP contribution in [0.15, 0.2) is 78.9 Å². The average Bonchev–Trinajstić information content (AvgIpc) is 0.784. The van der Waals surface area contributed by atoms with Crippen molar-refractivity contribution in [3.63, 3.8) is 0 Å². The molecule has 0 amide bonds. The molecule has 8 saturated carbocycles. The maximum atomic E-state index is 13.6. The van der Waals surface area contributed by atoms with Crippen LogP contribution in [0, 0.1) is 35.5 Å². The normalized spacial score (nSPS) is 24.7. The molecule has 466 valence electrons. The van der Waals surface area contributed by atoms with Gasteiger partial charge in [-0.25, -0.2) is 4.98 Å². The Morgan fingerprint density at radius 1 is 0.395 bits per heavy atom. The number of nitrogens with zero attached hydrogens (tertiary/aromatic N) is 1. The maximum Gasteiger partial charge on any atom is 0.127 e. The van der Waals surface area contributed by atoms with Crippen molar-refractivity contribution in [2.24, 2.45) is 35.5 Å². The van der Waals surface area contributed by atoms with Gasteiger partial charge in [-0.15, -0.1) is 0 Å². The zero-order chi connectivity index (χ0) is 60.1. The second-order valence-corrected chi connectivity index (χ2v) is 31.6. The molecule has 1 heterocycles. The number of hydrogen-bond acceptors (Lipinski definition) is 5. The van der Waals surface area contributed by atoms with Crippen LogP contribution in [-0.4, -0.2) is 28.4 Å². The number of unbranched alkanes of at least 4 members (excludes halogenated alkanes) is 18. The first kappa shape index (κ1) is 62.8. The quantitative estimate of drug-likeness (QED) is 0.0448. The molecule has 0 spiro atoms. The highest BCUT2D eigenvalue weighted by molar-refractivity contribution is 5.94. The zero-order valence-electron chi connectivity index (χ0n) is 55.2. The van der Waals surface area contributed by atoms with Crippen LogP contribution in [0.25, 0.3) is 44.8 Å². The van der Waals surface area contributed by atoms with Gasteiger partial charge in [-0.1, -0.05) is 213 Å². The molecule has 1 aromatic heterocycles. The van der Waals surface area contributed by atoms with E-state index >= 15 is 0 Å². The van der Waals surface area contributed by atoms with Crippen molar-refractivity contribution in [3.8, 4) is 67.8 Å². The van der Waals surface area contributed by atoms with Gasteiger partial charge in [0, 0.05) is 33.4 Å². The molecule has 8 fully saturated rings. The van der Waals surface area contributed by atoms with E-state index in [2.05, 4.69) is 134 Å². The molecular weight excluding hydrogens is 1050 g/mol. The lowest BCUT2D eigenvalue weighted by Gasteiger charge is -2.57. The highest BCUT2D eigenvalue weighted by atomic mass is 16.5. The first-order chi connectivity index (χ1) is 41.5. The summed E-state index contributed by atoms with van der Waals surface area (Å²) in [6.45, 7) is 20.1. The molecule has 86 heavy (non-hydrogen) atoms. The third-order valence-electron chi connectivity index (χ3n) is 22.5. The minimum Gasteiger partial charge on any atom is -0.507 e. The van der Waals surface area contributed by atoms with Gasteiger partial charge in [0.2, 0.25) is 0 Å². The fraction of sp³-hybridized carbons (Fsp3) is 0.642. The minimum absolute atomic E-state index is 0.0387. The van der Waals surface area contributed by atoms with Crippen molar-refractivity contribution in [1.29, 1.82) is 0 Å². The van der Waals surface area contributed by atoms with E-state index in [1.807, 2.05) is 0 Å². The van der Waals surface area contributed by atoms with E-state index < -0.39 is 0 Å². The largest absolute Gasteiger partial charge is 0.507 e. The van der Waals surface area contributed by atoms with E-state index in [1.165, 1.54) is 204 Å². The first-order valence-electron chi connectivity index (χ1n) is 35.8. The van der Waals surface area contributed by atoms with Crippen LogP contribution in [0.5, 0.6) is 23.0 Å². The number of aromatic hydroxyl groups is 2. The second-order valence-electron chi connectivity index (χ2n) is 31.6. The Hall–Kier alpha value is -4.77. The van der Waals surface area contributed by atoms with Gasteiger partial charge in [-0.05, 0) is 206 Å². The number of ether oxygens (including phenoxy) is 2. The molecule has 8 aliphatic rings. The van der Waals surface area contributed by atoms with Crippen LogP contribution >= 0.6 is 0 Å². The van der Waals surface area contributed by atoms with Crippen LogP contribution < -0.4 is 9.47 Å². The van der Waals surface area contributed by atoms with Crippen molar-refractivity contribution in [1.82, 2.24) is 4.98 Å². The number of benzene rings is 4. The molecule has 0 saturated heterocycles. The zero-order valence-corrected chi connectivity index (χ0v) is 55.2. The van der Waals surface area contributed by atoms with Gasteiger partial charge in [0.1, 0.15) is 23.0 Å². The summed E-state index contributed by atoms with van der Waals surface area (Å²) in [5.41, 5.74) is 11.5. The van der Waals surface area contributed by atoms with E-state index in [4.69, 9.17) is 14.5 Å². The second kappa shape index (κ2) is 27.5. The van der Waals surface area contributed by atoms with Crippen molar-refractivity contribution in [2.75, 3.05) is 13.2 Å². The molecule has 5 heteroatoms. The van der Waals surface area contributed by atoms with Crippen LogP contribution in [0.1, 0.15) is 283 Å². The lowest BCUT2D eigenvalue weighted by molar-refractivity contribution is -0.00630. The fourth-order valence-corrected chi connectivity index (χ4v) is 19.1. The summed E-state index contributed by atoms with van der Waals surface area (Å²) in [5.74, 6) is 6.96. The number of hydrogen-bond donors (Lipinski definition) is 2. The predicted octanol–water partition coefficient (Wildman–Crippen LogP) is 23.3. The van der Waals surface area contributed by atoms with Crippen LogP contribution in [-0.2, 0) is 21.7 Å². The summed E-state index contributed by atoms with van der Waals surface area (Å²) in [6, 6.07) is 28.8. The summed E-state index contributed by atoms with van der Waals surface area (Å²) in [5, 5.41) is 27.2. The number of phenolic OH excluding ortho intramolecular Hbond substituents is 2. The highest BCUT2D eigenvalue weighted by Crippen LogP contribution is 2.66. The fourth-order valence-electron chi connectivity index (χ4n) is 19.1. The first-order valence-corrected chi connectivity index (χ1v) is 35.8. The Kier molecular flexibility index (Phi) is 20.1. The third-order valence-corrected chi connectivity index (χ3v) is 22.5. The van der Waals surface area contributed by atoms with Crippen LogP contribution in [0.2, 0.25) is 0 Å². The molecular formula is C81H113NO4. The maximum absolute atomic E-state index is 13.6. The Bertz CT molecular complexity index is 2790. The number of rotatable bonds is 30. The summed E-state index contributed by atoms with van der Waals surface area (Å²) >= 11 is 0. The van der Waals surface area contributed by atoms with Gasteiger partial charge in [0.15, 0.2) is 0 Å². The predicted molar refractivity (Wildman–Crippen MR) is 361 cm³/mol. The summed E-state index contributed by atoms with van der Waals surface area (Å²) in [7, 11) is 0. The monoisotopic (exact) mass is 1160 g/mol. The van der Waals surface area contributed by atoms with Gasteiger partial charge in [0.25, 0.3) is 0 Å². The van der Waals surface area contributed by atoms with Gasteiger partial charge >= 0.3 is 0 Å². The van der Waals surface area contributed by atoms with Gasteiger partial charge in [0.05, 0.1) is 24.6 Å². The number of phenols is 2. The molecule has 5 nitrogen and oxygen atoms in total. The lowest BCUT2D eigenvalue weighted by Crippen LogP contribution is -2.48. The summed E-state index contributed by atoms with van der Waals surface area (Å²) < 4.78 is 13.3. The van der Waals surface area contributed by atoms with Gasteiger partial charge in [-0.3, -0.25) is 0 Å². The van der Waals surface area contributed by atoms with Gasteiger partial charge < -0.3 is 19.7 Å². The van der Waals surface area contributed by atoms with Crippen molar-refractivity contribution >= 4 is 0 Å². The Morgan fingerprint density at radius 2 is 0.698 bits per heavy atom. The van der Waals surface area contributed by atoms with Crippen LogP contribution in [0.3, 0.4) is 0 Å². The lowest BCUT2D eigenvalue weighted by atomic mass is 9.47. The van der Waals surface area contributed by atoms with Crippen LogP contribution in [0.4, 0.5) is 0 Å². The molecule has 4 aromatic carbocycles. The van der Waals surface area contributed by atoms with E-state index in [1.54, 1.807) is 0 Å². The van der Waals surface area contributed by atoms with E-state index in [0.29, 0.717) is 24.7 Å². The molecule has 0 unspecified atom stereocenters. The minimum atomic E-state index is -0.288. The Morgan fingerprint density at radius 3 is 1.01 bits per heavy atom. The highest BCUT2D eigenvalue weighted by Gasteiger charge is 2.55. The summed E-state index contributed by atoms with van der Waals surface area (Å²) in [6.07, 6.45) is 40.9. The SMILES string of the molecule is CCCCCCCCCCCCOc1cccc(-c2c(O)c(C34CC5CC(CC(C5)C3)C4)cc(C(C)(C)C)c2-c2cccc(-c3c(C(C)(C)C)cc(C45CC6CC(CC(C6)C4)C5)c(O)c3-c3cccc(OCCCCCCCCCCCC)c3)n2)c1. The molecule has 2 N–H and O–H groups in total. The molecule has 0 atom stereocenters. The molecule has 13 rings (SSSR count). The topological polar surface area (TPSA) is 71.8 Å². The smallest absolute Gasteiger partial charge is 0.127 e. The number of aromatic nitrogens is 1. The van der Waals surface area contributed by atoms with Crippen molar-refractivity contribution in [3.05, 3.63) is 101 Å². The molecule has 5 aromatic rings. The summed E-state index contributed by atoms with van der Waals surface area (Å²) in [4.78, 5) is 5.94.